The van der Waals surface area contributed by atoms with Gasteiger partial charge in [0, 0.05) is 17.4 Å². The summed E-state index contributed by atoms with van der Waals surface area (Å²) in [5.41, 5.74) is 6.95. The minimum atomic E-state index is -0.297. The zero-order chi connectivity index (χ0) is 19.1. The predicted molar refractivity (Wildman–Crippen MR) is 102 cm³/mol. The number of hydrogen-bond acceptors (Lipinski definition) is 5. The van der Waals surface area contributed by atoms with Gasteiger partial charge >= 0.3 is 0 Å². The summed E-state index contributed by atoms with van der Waals surface area (Å²) in [7, 11) is 3.16. The van der Waals surface area contributed by atoms with Gasteiger partial charge < -0.3 is 9.47 Å². The van der Waals surface area contributed by atoms with Crippen LogP contribution in [0.1, 0.15) is 39.0 Å². The average molecular weight is 376 g/mol. The number of aryl methyl sites for hydroxylation is 3. The van der Waals surface area contributed by atoms with E-state index in [2.05, 4.69) is 17.8 Å². The molecule has 0 aliphatic carbocycles. The summed E-state index contributed by atoms with van der Waals surface area (Å²) in [6.07, 6.45) is 1.63. The number of amides is 2. The molecule has 0 spiro atoms. The number of hydrazine groups is 1. The Labute approximate surface area is 157 Å². The van der Waals surface area contributed by atoms with Crippen LogP contribution >= 0.6 is 11.3 Å². The zero-order valence-electron chi connectivity index (χ0n) is 15.5. The van der Waals surface area contributed by atoms with Crippen LogP contribution in [0.2, 0.25) is 0 Å². The molecule has 1 aromatic heterocycles. The largest absolute Gasteiger partial charge is 0.497 e. The monoisotopic (exact) mass is 376 g/mol. The molecular weight excluding hydrogens is 352 g/mol. The molecule has 7 heteroatoms. The van der Waals surface area contributed by atoms with E-state index in [4.69, 9.17) is 9.47 Å². The Balaban J connectivity index is 1.86. The fraction of sp³-hybridized carbons (Fsp3) is 0.368. The quantitative estimate of drug-likeness (QED) is 0.728. The van der Waals surface area contributed by atoms with Crippen LogP contribution in [0.5, 0.6) is 11.5 Å². The molecule has 2 rings (SSSR count). The van der Waals surface area contributed by atoms with Crippen molar-refractivity contribution in [2.24, 2.45) is 0 Å². The molecule has 1 heterocycles. The molecule has 0 bridgehead atoms. The lowest BCUT2D eigenvalue weighted by Gasteiger charge is -2.09. The molecule has 0 atom stereocenters. The van der Waals surface area contributed by atoms with Crippen molar-refractivity contribution < 1.29 is 19.1 Å². The SMILES string of the molecule is CCc1sc(C(=O)NNC(=O)CCc2cc(OC)cc(OC)c2)cc1C. The molecule has 0 saturated carbocycles. The molecule has 2 aromatic rings. The summed E-state index contributed by atoms with van der Waals surface area (Å²) < 4.78 is 10.4. The van der Waals surface area contributed by atoms with Gasteiger partial charge in [0.05, 0.1) is 19.1 Å². The van der Waals surface area contributed by atoms with Crippen molar-refractivity contribution in [2.75, 3.05) is 14.2 Å². The van der Waals surface area contributed by atoms with E-state index in [-0.39, 0.29) is 18.2 Å². The Morgan fingerprint density at radius 2 is 1.69 bits per heavy atom. The van der Waals surface area contributed by atoms with Gasteiger partial charge in [-0.15, -0.1) is 11.3 Å². The number of thiophene rings is 1. The van der Waals surface area contributed by atoms with E-state index >= 15 is 0 Å². The normalized spacial score (nSPS) is 10.3. The second-order valence-corrected chi connectivity index (χ2v) is 6.93. The summed E-state index contributed by atoms with van der Waals surface area (Å²) in [6.45, 7) is 4.03. The maximum absolute atomic E-state index is 12.1. The molecule has 26 heavy (non-hydrogen) atoms. The average Bonchev–Trinajstić information content (AvgIpc) is 3.04. The molecule has 0 radical (unpaired) electrons. The lowest BCUT2D eigenvalue weighted by Crippen LogP contribution is -2.41. The topological polar surface area (TPSA) is 76.7 Å². The molecule has 0 aliphatic rings. The fourth-order valence-corrected chi connectivity index (χ4v) is 3.51. The third-order valence-corrected chi connectivity index (χ3v) is 5.31. The van der Waals surface area contributed by atoms with Gasteiger partial charge in [-0.05, 0) is 49.1 Å². The van der Waals surface area contributed by atoms with E-state index in [1.807, 2.05) is 25.1 Å². The standard InChI is InChI=1S/C19H24N2O4S/c1-5-16-12(2)8-17(26-16)19(23)21-20-18(22)7-6-13-9-14(24-3)11-15(10-13)25-4/h8-11H,5-7H2,1-4H3,(H,20,22)(H,21,23). The lowest BCUT2D eigenvalue weighted by atomic mass is 10.1. The molecule has 140 valence electrons. The number of carbonyl (C=O) groups is 2. The summed E-state index contributed by atoms with van der Waals surface area (Å²) in [4.78, 5) is 25.9. The van der Waals surface area contributed by atoms with Crippen molar-refractivity contribution in [3.63, 3.8) is 0 Å². The Morgan fingerprint density at radius 3 is 2.23 bits per heavy atom. The van der Waals surface area contributed by atoms with Gasteiger partial charge in [0.1, 0.15) is 11.5 Å². The van der Waals surface area contributed by atoms with E-state index in [9.17, 15) is 9.59 Å². The maximum atomic E-state index is 12.1. The minimum absolute atomic E-state index is 0.236. The molecule has 6 nitrogen and oxygen atoms in total. The molecule has 1 aromatic carbocycles. The van der Waals surface area contributed by atoms with E-state index < -0.39 is 0 Å². The first-order chi connectivity index (χ1) is 12.5. The highest BCUT2D eigenvalue weighted by Crippen LogP contribution is 2.23. The first kappa shape index (κ1) is 19.8. The van der Waals surface area contributed by atoms with Gasteiger partial charge in [0.25, 0.3) is 5.91 Å². The molecule has 0 saturated heterocycles. The van der Waals surface area contributed by atoms with Crippen LogP contribution in [0.3, 0.4) is 0 Å². The summed E-state index contributed by atoms with van der Waals surface area (Å²) in [6, 6.07) is 7.33. The predicted octanol–water partition coefficient (Wildman–Crippen LogP) is 3.03. The summed E-state index contributed by atoms with van der Waals surface area (Å²) in [5, 5.41) is 0. The number of hydrogen-bond donors (Lipinski definition) is 2. The van der Waals surface area contributed by atoms with Crippen molar-refractivity contribution >= 4 is 23.2 Å². The van der Waals surface area contributed by atoms with Gasteiger partial charge in [-0.1, -0.05) is 6.92 Å². The van der Waals surface area contributed by atoms with Crippen LogP contribution in [0.25, 0.3) is 0 Å². The van der Waals surface area contributed by atoms with Crippen LogP contribution in [0, 0.1) is 6.92 Å². The Kier molecular flexibility index (Phi) is 7.03. The lowest BCUT2D eigenvalue weighted by molar-refractivity contribution is -0.121. The number of rotatable bonds is 7. The third kappa shape index (κ3) is 5.23. The van der Waals surface area contributed by atoms with Crippen LogP contribution in [0.15, 0.2) is 24.3 Å². The van der Waals surface area contributed by atoms with Crippen LogP contribution in [-0.4, -0.2) is 26.0 Å². The molecule has 2 N–H and O–H groups in total. The first-order valence-electron chi connectivity index (χ1n) is 8.37. The van der Waals surface area contributed by atoms with Gasteiger partial charge in [0.2, 0.25) is 5.91 Å². The van der Waals surface area contributed by atoms with Crippen molar-refractivity contribution in [3.8, 4) is 11.5 Å². The maximum Gasteiger partial charge on any atom is 0.279 e. The first-order valence-corrected chi connectivity index (χ1v) is 9.18. The van der Waals surface area contributed by atoms with Crippen molar-refractivity contribution in [1.29, 1.82) is 0 Å². The number of ether oxygens (including phenoxy) is 2. The van der Waals surface area contributed by atoms with Crippen molar-refractivity contribution in [2.45, 2.75) is 33.1 Å². The highest BCUT2D eigenvalue weighted by molar-refractivity contribution is 7.14. The van der Waals surface area contributed by atoms with E-state index in [0.717, 1.165) is 17.5 Å². The van der Waals surface area contributed by atoms with E-state index in [0.29, 0.717) is 22.8 Å². The number of benzene rings is 1. The van der Waals surface area contributed by atoms with Crippen LogP contribution < -0.4 is 20.3 Å². The molecule has 0 fully saturated rings. The van der Waals surface area contributed by atoms with E-state index in [1.165, 1.54) is 16.2 Å². The molecule has 2 amide bonds. The third-order valence-electron chi connectivity index (χ3n) is 3.93. The van der Waals surface area contributed by atoms with Gasteiger partial charge in [-0.2, -0.15) is 0 Å². The second kappa shape index (κ2) is 9.24. The van der Waals surface area contributed by atoms with Gasteiger partial charge in [0.15, 0.2) is 0 Å². The molecule has 0 unspecified atom stereocenters. The summed E-state index contributed by atoms with van der Waals surface area (Å²) >= 11 is 1.45. The van der Waals surface area contributed by atoms with Crippen LogP contribution in [0.4, 0.5) is 0 Å². The Hall–Kier alpha value is -2.54. The van der Waals surface area contributed by atoms with Gasteiger partial charge in [-0.25, -0.2) is 0 Å². The highest BCUT2D eigenvalue weighted by atomic mass is 32.1. The van der Waals surface area contributed by atoms with Crippen molar-refractivity contribution in [3.05, 3.63) is 45.1 Å². The number of methoxy groups -OCH3 is 2. The number of nitrogens with one attached hydrogen (secondary N) is 2. The molecular formula is C19H24N2O4S. The Morgan fingerprint density at radius 1 is 1.04 bits per heavy atom. The fourth-order valence-electron chi connectivity index (χ4n) is 2.50. The number of carbonyl (C=O) groups excluding carboxylic acids is 2. The van der Waals surface area contributed by atoms with Gasteiger partial charge in [-0.3, -0.25) is 20.4 Å². The zero-order valence-corrected chi connectivity index (χ0v) is 16.3. The minimum Gasteiger partial charge on any atom is -0.497 e. The molecule has 0 aliphatic heterocycles. The van der Waals surface area contributed by atoms with Crippen LogP contribution in [-0.2, 0) is 17.6 Å². The highest BCUT2D eigenvalue weighted by Gasteiger charge is 2.12. The van der Waals surface area contributed by atoms with Crippen molar-refractivity contribution in [1.82, 2.24) is 10.9 Å². The summed E-state index contributed by atoms with van der Waals surface area (Å²) in [5.74, 6) is 0.791. The Bertz CT molecular complexity index is 764. The van der Waals surface area contributed by atoms with E-state index in [1.54, 1.807) is 20.3 Å². The smallest absolute Gasteiger partial charge is 0.279 e. The second-order valence-electron chi connectivity index (χ2n) is 5.79.